The van der Waals surface area contributed by atoms with E-state index in [0.29, 0.717) is 6.17 Å². The first kappa shape index (κ1) is 30.4. The van der Waals surface area contributed by atoms with E-state index in [0.717, 1.165) is 0 Å². The molecular formula is C31H62N2. The van der Waals surface area contributed by atoms with Gasteiger partial charge < -0.3 is 9.80 Å². The number of nitrogens with zero attached hydrogens (tertiary/aromatic N) is 2. The molecule has 196 valence electrons. The predicted molar refractivity (Wildman–Crippen MR) is 150 cm³/mol. The molecule has 0 bridgehead atoms. The van der Waals surface area contributed by atoms with Crippen molar-refractivity contribution >= 4 is 0 Å². The molecule has 2 nitrogen and oxygen atoms in total. The highest BCUT2D eigenvalue weighted by Gasteiger charge is 2.24. The van der Waals surface area contributed by atoms with Crippen LogP contribution in [0.5, 0.6) is 0 Å². The van der Waals surface area contributed by atoms with Gasteiger partial charge in [0.25, 0.3) is 0 Å². The molecule has 0 amide bonds. The summed E-state index contributed by atoms with van der Waals surface area (Å²) in [5.41, 5.74) is 0. The van der Waals surface area contributed by atoms with Gasteiger partial charge >= 0.3 is 0 Å². The molecule has 1 heterocycles. The maximum Gasteiger partial charge on any atom is 0.101 e. The molecule has 0 saturated carbocycles. The van der Waals surface area contributed by atoms with Crippen molar-refractivity contribution in [3.63, 3.8) is 0 Å². The van der Waals surface area contributed by atoms with Gasteiger partial charge in [0.1, 0.15) is 6.17 Å². The molecule has 1 rings (SSSR count). The zero-order chi connectivity index (χ0) is 23.8. The molecule has 0 N–H and O–H groups in total. The normalized spacial score (nSPS) is 15.8. The maximum atomic E-state index is 2.69. The van der Waals surface area contributed by atoms with E-state index in [1.807, 2.05) is 0 Å². The molecule has 0 aromatic carbocycles. The standard InChI is InChI=1S/C31H62N2/c1-4-7-10-13-15-16-17-18-19-22-25-28-33-30-29-32(27-24-21-14-11-8-5-2)31(33)26-23-20-12-9-6-3/h29-31H,4-28H2,1-3H3. The third-order valence-corrected chi connectivity index (χ3v) is 7.57. The molecule has 2 heteroatoms. The number of hydrogen-bond acceptors (Lipinski definition) is 2. The molecule has 0 aromatic heterocycles. The molecule has 1 atom stereocenters. The summed E-state index contributed by atoms with van der Waals surface area (Å²) in [6, 6.07) is 0. The van der Waals surface area contributed by atoms with Crippen molar-refractivity contribution in [3.05, 3.63) is 12.4 Å². The van der Waals surface area contributed by atoms with Crippen LogP contribution in [0.15, 0.2) is 12.4 Å². The largest absolute Gasteiger partial charge is 0.356 e. The van der Waals surface area contributed by atoms with Crippen LogP contribution >= 0.6 is 0 Å². The highest BCUT2D eigenvalue weighted by molar-refractivity contribution is 4.97. The summed E-state index contributed by atoms with van der Waals surface area (Å²) in [5.74, 6) is 0. The fourth-order valence-electron chi connectivity index (χ4n) is 5.30. The van der Waals surface area contributed by atoms with Crippen molar-refractivity contribution in [2.75, 3.05) is 13.1 Å². The van der Waals surface area contributed by atoms with Crippen LogP contribution in [0.1, 0.15) is 168 Å². The minimum absolute atomic E-state index is 0.644. The molecule has 0 saturated heterocycles. The number of unbranched alkanes of at least 4 members (excludes halogenated alkanes) is 19. The van der Waals surface area contributed by atoms with Crippen molar-refractivity contribution in [2.24, 2.45) is 0 Å². The topological polar surface area (TPSA) is 6.48 Å². The molecule has 1 aliphatic heterocycles. The second-order valence-electron chi connectivity index (χ2n) is 10.8. The monoisotopic (exact) mass is 462 g/mol. The first-order chi connectivity index (χ1) is 16.3. The Morgan fingerprint density at radius 2 is 0.697 bits per heavy atom. The Bertz CT molecular complexity index is 419. The van der Waals surface area contributed by atoms with Gasteiger partial charge in [-0.2, -0.15) is 0 Å². The van der Waals surface area contributed by atoms with Crippen LogP contribution in [0.4, 0.5) is 0 Å². The van der Waals surface area contributed by atoms with Crippen molar-refractivity contribution in [2.45, 2.75) is 175 Å². The summed E-state index contributed by atoms with van der Waals surface area (Å²) >= 11 is 0. The highest BCUT2D eigenvalue weighted by Crippen LogP contribution is 2.23. The summed E-state index contributed by atoms with van der Waals surface area (Å²) in [6.45, 7) is 9.46. The zero-order valence-corrected chi connectivity index (χ0v) is 23.3. The summed E-state index contributed by atoms with van der Waals surface area (Å²) in [6.07, 6.45) is 38.0. The lowest BCUT2D eigenvalue weighted by atomic mass is 10.1. The van der Waals surface area contributed by atoms with Crippen LogP contribution in [0.3, 0.4) is 0 Å². The van der Waals surface area contributed by atoms with Gasteiger partial charge in [-0.05, 0) is 25.7 Å². The third kappa shape index (κ3) is 16.6. The first-order valence-electron chi connectivity index (χ1n) is 15.5. The second kappa shape index (κ2) is 23.1. The number of hydrogen-bond donors (Lipinski definition) is 0. The van der Waals surface area contributed by atoms with Gasteiger partial charge in [-0.1, -0.05) is 143 Å². The summed E-state index contributed by atoms with van der Waals surface area (Å²) in [5, 5.41) is 0. The third-order valence-electron chi connectivity index (χ3n) is 7.57. The van der Waals surface area contributed by atoms with Gasteiger partial charge in [0, 0.05) is 25.5 Å². The van der Waals surface area contributed by atoms with Gasteiger partial charge in [-0.15, -0.1) is 0 Å². The molecule has 33 heavy (non-hydrogen) atoms. The lowest BCUT2D eigenvalue weighted by Crippen LogP contribution is -2.39. The molecule has 0 fully saturated rings. The van der Waals surface area contributed by atoms with Crippen LogP contribution in [0.2, 0.25) is 0 Å². The minimum Gasteiger partial charge on any atom is -0.356 e. The van der Waals surface area contributed by atoms with E-state index < -0.39 is 0 Å². The highest BCUT2D eigenvalue weighted by atomic mass is 15.4. The summed E-state index contributed by atoms with van der Waals surface area (Å²) in [4.78, 5) is 5.36. The average Bonchev–Trinajstić information content (AvgIpc) is 3.21. The van der Waals surface area contributed by atoms with Crippen LogP contribution in [-0.4, -0.2) is 29.1 Å². The maximum absolute atomic E-state index is 2.69. The van der Waals surface area contributed by atoms with E-state index in [1.54, 1.807) is 0 Å². The van der Waals surface area contributed by atoms with E-state index in [9.17, 15) is 0 Å². The van der Waals surface area contributed by atoms with E-state index in [1.165, 1.54) is 161 Å². The van der Waals surface area contributed by atoms with Crippen LogP contribution in [0, 0.1) is 0 Å². The lowest BCUT2D eigenvalue weighted by Gasteiger charge is -2.33. The van der Waals surface area contributed by atoms with Gasteiger partial charge in [0.05, 0.1) is 0 Å². The van der Waals surface area contributed by atoms with Crippen LogP contribution in [0.25, 0.3) is 0 Å². The average molecular weight is 463 g/mol. The van der Waals surface area contributed by atoms with Gasteiger partial charge in [-0.25, -0.2) is 0 Å². The molecule has 0 aliphatic carbocycles. The number of rotatable bonds is 25. The van der Waals surface area contributed by atoms with E-state index in [2.05, 4.69) is 43.0 Å². The lowest BCUT2D eigenvalue weighted by molar-refractivity contribution is 0.135. The fraction of sp³-hybridized carbons (Fsp3) is 0.935. The van der Waals surface area contributed by atoms with Crippen molar-refractivity contribution in [3.8, 4) is 0 Å². The van der Waals surface area contributed by atoms with Crippen LogP contribution < -0.4 is 0 Å². The SMILES string of the molecule is CCCCCCCCCCCCCN1C=CN(CCCCCCCC)C1CCCCCCC. The molecular weight excluding hydrogens is 400 g/mol. The van der Waals surface area contributed by atoms with Crippen LogP contribution in [-0.2, 0) is 0 Å². The van der Waals surface area contributed by atoms with Gasteiger partial charge in [0.15, 0.2) is 0 Å². The summed E-state index contributed by atoms with van der Waals surface area (Å²) in [7, 11) is 0. The Hall–Kier alpha value is -0.660. The molecule has 0 radical (unpaired) electrons. The molecule has 1 unspecified atom stereocenters. The predicted octanol–water partition coefficient (Wildman–Crippen LogP) is 10.4. The molecule has 1 aliphatic rings. The summed E-state index contributed by atoms with van der Waals surface area (Å²) < 4.78 is 0. The van der Waals surface area contributed by atoms with Crippen molar-refractivity contribution < 1.29 is 0 Å². The minimum atomic E-state index is 0.644. The fourth-order valence-corrected chi connectivity index (χ4v) is 5.30. The zero-order valence-electron chi connectivity index (χ0n) is 23.3. The smallest absolute Gasteiger partial charge is 0.101 e. The quantitative estimate of drug-likeness (QED) is 0.124. The van der Waals surface area contributed by atoms with E-state index >= 15 is 0 Å². The second-order valence-corrected chi connectivity index (χ2v) is 10.8. The Labute approximate surface area is 210 Å². The van der Waals surface area contributed by atoms with Crippen molar-refractivity contribution in [1.29, 1.82) is 0 Å². The first-order valence-corrected chi connectivity index (χ1v) is 15.5. The van der Waals surface area contributed by atoms with E-state index in [-0.39, 0.29) is 0 Å². The Morgan fingerprint density at radius 1 is 0.394 bits per heavy atom. The Balaban J connectivity index is 2.20. The Kier molecular flexibility index (Phi) is 21.3. The molecule has 0 aromatic rings. The Morgan fingerprint density at radius 3 is 1.06 bits per heavy atom. The molecule has 0 spiro atoms. The van der Waals surface area contributed by atoms with E-state index in [4.69, 9.17) is 0 Å². The van der Waals surface area contributed by atoms with Gasteiger partial charge in [-0.3, -0.25) is 0 Å². The van der Waals surface area contributed by atoms with Crippen molar-refractivity contribution in [1.82, 2.24) is 9.80 Å². The van der Waals surface area contributed by atoms with Gasteiger partial charge in [0.2, 0.25) is 0 Å².